The quantitative estimate of drug-likeness (QED) is 0.326. The van der Waals surface area contributed by atoms with Crippen molar-refractivity contribution in [1.29, 1.82) is 0 Å². The van der Waals surface area contributed by atoms with Crippen LogP contribution in [0, 0.1) is 17.8 Å². The van der Waals surface area contributed by atoms with Gasteiger partial charge in [0.2, 0.25) is 0 Å². The van der Waals surface area contributed by atoms with Gasteiger partial charge in [-0.1, -0.05) is 34.7 Å². The zero-order valence-corrected chi connectivity index (χ0v) is 18.3. The molecule has 4 rings (SSSR count). The fraction of sp³-hybridized carbons (Fsp3) is 0.176. The van der Waals surface area contributed by atoms with Crippen LogP contribution in [-0.2, 0) is 5.75 Å². The van der Waals surface area contributed by atoms with Gasteiger partial charge in [0.05, 0.1) is 16.8 Å². The van der Waals surface area contributed by atoms with Crippen LogP contribution in [0.15, 0.2) is 33.4 Å². The van der Waals surface area contributed by atoms with Crippen LogP contribution in [-0.4, -0.2) is 19.7 Å². The Morgan fingerprint density at radius 1 is 1.26 bits per heavy atom. The second-order valence-corrected chi connectivity index (χ2v) is 10.3. The minimum Gasteiger partial charge on any atom is -0.309 e. The van der Waals surface area contributed by atoms with Crippen molar-refractivity contribution < 1.29 is 0 Å². The summed E-state index contributed by atoms with van der Waals surface area (Å²) < 4.78 is 3.18. The maximum Gasteiger partial charge on any atom is 0.259 e. The summed E-state index contributed by atoms with van der Waals surface area (Å²) >= 11 is 15.8. The van der Waals surface area contributed by atoms with Gasteiger partial charge in [0, 0.05) is 9.90 Å². The van der Waals surface area contributed by atoms with Crippen LogP contribution in [0.1, 0.15) is 16.3 Å². The van der Waals surface area contributed by atoms with Crippen molar-refractivity contribution in [3.8, 4) is 5.69 Å². The molecule has 0 atom stereocenters. The van der Waals surface area contributed by atoms with Crippen LogP contribution in [0.5, 0.6) is 0 Å². The Balaban J connectivity index is 1.58. The van der Waals surface area contributed by atoms with Gasteiger partial charge in [0.15, 0.2) is 8.29 Å². The standard InChI is InChI=1S/C17H13ClN4OS4/c1-8-9(2)26-15-13(8)14(23)19-12(20-15)7-25-16-21-22(17(24)27-16)11-5-3-10(18)4-6-11/h3-6H,7H2,1-2H3,(H,19,20,23). The number of thiophene rings is 1. The third-order valence-corrected chi connectivity index (χ3v) is 7.75. The van der Waals surface area contributed by atoms with Crippen LogP contribution in [0.4, 0.5) is 0 Å². The number of nitrogens with zero attached hydrogens (tertiary/aromatic N) is 3. The summed E-state index contributed by atoms with van der Waals surface area (Å²) in [7, 11) is 0. The highest BCUT2D eigenvalue weighted by Crippen LogP contribution is 2.29. The molecule has 0 radical (unpaired) electrons. The van der Waals surface area contributed by atoms with E-state index in [9.17, 15) is 4.79 Å². The molecule has 0 spiro atoms. The summed E-state index contributed by atoms with van der Waals surface area (Å²) in [5.74, 6) is 1.15. The van der Waals surface area contributed by atoms with E-state index in [2.05, 4.69) is 15.1 Å². The Hall–Kier alpha value is -1.52. The van der Waals surface area contributed by atoms with Crippen LogP contribution < -0.4 is 5.56 Å². The number of aromatic amines is 1. The van der Waals surface area contributed by atoms with Crippen LogP contribution in [0.2, 0.25) is 5.02 Å². The lowest BCUT2D eigenvalue weighted by Crippen LogP contribution is -2.10. The molecular formula is C17H13ClN4OS4. The number of nitrogens with one attached hydrogen (secondary N) is 1. The van der Waals surface area contributed by atoms with Gasteiger partial charge in [-0.25, -0.2) is 9.67 Å². The zero-order valence-electron chi connectivity index (χ0n) is 14.3. The lowest BCUT2D eigenvalue weighted by atomic mass is 10.2. The molecule has 0 unspecified atom stereocenters. The summed E-state index contributed by atoms with van der Waals surface area (Å²) in [5.41, 5.74) is 1.78. The third-order valence-electron chi connectivity index (χ3n) is 4.02. The average Bonchev–Trinajstić information content (AvgIpc) is 3.14. The van der Waals surface area contributed by atoms with E-state index in [-0.39, 0.29) is 5.56 Å². The lowest BCUT2D eigenvalue weighted by molar-refractivity contribution is 0.829. The van der Waals surface area contributed by atoms with Crippen LogP contribution in [0.25, 0.3) is 15.9 Å². The summed E-state index contributed by atoms with van der Waals surface area (Å²) in [6, 6.07) is 7.36. The van der Waals surface area contributed by atoms with Crippen LogP contribution in [0.3, 0.4) is 0 Å². The van der Waals surface area contributed by atoms with E-state index in [0.29, 0.717) is 25.9 Å². The number of aromatic nitrogens is 4. The smallest absolute Gasteiger partial charge is 0.259 e. The first kappa shape index (κ1) is 18.8. The number of rotatable bonds is 4. The van der Waals surface area contributed by atoms with Gasteiger partial charge in [-0.15, -0.1) is 16.4 Å². The fourth-order valence-electron chi connectivity index (χ4n) is 2.56. The van der Waals surface area contributed by atoms with Gasteiger partial charge in [0.25, 0.3) is 5.56 Å². The second-order valence-electron chi connectivity index (χ2n) is 5.79. The van der Waals surface area contributed by atoms with Gasteiger partial charge in [-0.3, -0.25) is 4.79 Å². The Kier molecular flexibility index (Phi) is 5.21. The van der Waals surface area contributed by atoms with E-state index in [0.717, 1.165) is 25.3 Å². The van der Waals surface area contributed by atoms with Crippen molar-refractivity contribution in [2.24, 2.45) is 0 Å². The van der Waals surface area contributed by atoms with E-state index in [4.69, 9.17) is 23.8 Å². The number of fused-ring (bicyclic) bond motifs is 1. The Morgan fingerprint density at radius 2 is 2.00 bits per heavy atom. The van der Waals surface area contributed by atoms with E-state index in [1.165, 1.54) is 23.1 Å². The predicted molar refractivity (Wildman–Crippen MR) is 117 cm³/mol. The summed E-state index contributed by atoms with van der Waals surface area (Å²) in [6.07, 6.45) is 0. The molecule has 5 nitrogen and oxygen atoms in total. The van der Waals surface area contributed by atoms with Gasteiger partial charge in [-0.05, 0) is 55.9 Å². The third kappa shape index (κ3) is 3.74. The molecule has 4 aromatic rings. The molecule has 1 N–H and O–H groups in total. The molecule has 1 aromatic carbocycles. The topological polar surface area (TPSA) is 63.6 Å². The van der Waals surface area contributed by atoms with Crippen molar-refractivity contribution >= 4 is 68.5 Å². The minimum atomic E-state index is -0.0863. The van der Waals surface area contributed by atoms with Gasteiger partial charge >= 0.3 is 0 Å². The first-order valence-electron chi connectivity index (χ1n) is 7.90. The molecule has 0 aliphatic rings. The first-order chi connectivity index (χ1) is 12.9. The number of hydrogen-bond acceptors (Lipinski definition) is 7. The number of H-pyrrole nitrogens is 1. The van der Waals surface area contributed by atoms with E-state index in [1.807, 2.05) is 26.0 Å². The molecule has 0 aliphatic heterocycles. The SMILES string of the molecule is Cc1sc2nc(CSc3nn(-c4ccc(Cl)cc4)c(=S)s3)[nH]c(=O)c2c1C. The Bertz CT molecular complexity index is 1250. The number of aryl methyl sites for hydroxylation is 2. The molecule has 27 heavy (non-hydrogen) atoms. The van der Waals surface area contributed by atoms with E-state index >= 15 is 0 Å². The second kappa shape index (κ2) is 7.48. The molecule has 0 bridgehead atoms. The monoisotopic (exact) mass is 452 g/mol. The molecule has 3 heterocycles. The van der Waals surface area contributed by atoms with Crippen molar-refractivity contribution in [2.45, 2.75) is 23.9 Å². The van der Waals surface area contributed by atoms with E-state index < -0.39 is 0 Å². The highest BCUT2D eigenvalue weighted by atomic mass is 35.5. The minimum absolute atomic E-state index is 0.0863. The molecule has 10 heteroatoms. The molecule has 0 saturated carbocycles. The molecule has 0 saturated heterocycles. The maximum absolute atomic E-state index is 12.4. The molecule has 0 amide bonds. The number of halogens is 1. The molecular weight excluding hydrogens is 440 g/mol. The first-order valence-corrected chi connectivity index (χ1v) is 11.3. The fourth-order valence-corrected chi connectivity index (χ4v) is 5.97. The Morgan fingerprint density at radius 3 is 2.74 bits per heavy atom. The lowest BCUT2D eigenvalue weighted by Gasteiger charge is -2.01. The van der Waals surface area contributed by atoms with Crippen molar-refractivity contribution in [2.75, 3.05) is 0 Å². The summed E-state index contributed by atoms with van der Waals surface area (Å²) in [6.45, 7) is 3.96. The van der Waals surface area contributed by atoms with Crippen molar-refractivity contribution in [3.63, 3.8) is 0 Å². The molecule has 0 fully saturated rings. The zero-order chi connectivity index (χ0) is 19.1. The average molecular weight is 453 g/mol. The number of thioether (sulfide) groups is 1. The Labute approximate surface area is 177 Å². The highest BCUT2D eigenvalue weighted by Gasteiger charge is 2.13. The predicted octanol–water partition coefficient (Wildman–Crippen LogP) is 5.52. The van der Waals surface area contributed by atoms with Gasteiger partial charge in [-0.2, -0.15) is 0 Å². The molecule has 0 aliphatic carbocycles. The van der Waals surface area contributed by atoms with Gasteiger partial charge in [0.1, 0.15) is 10.7 Å². The summed E-state index contributed by atoms with van der Waals surface area (Å²) in [5, 5.41) is 5.92. The van der Waals surface area contributed by atoms with Crippen molar-refractivity contribution in [3.05, 3.63) is 59.9 Å². The molecule has 3 aromatic heterocycles. The number of benzene rings is 1. The normalized spacial score (nSPS) is 11.4. The van der Waals surface area contributed by atoms with E-state index in [1.54, 1.807) is 28.2 Å². The van der Waals surface area contributed by atoms with Crippen molar-refractivity contribution in [1.82, 2.24) is 19.7 Å². The maximum atomic E-state index is 12.4. The highest BCUT2D eigenvalue weighted by molar-refractivity contribution is 8.00. The molecule has 138 valence electrons. The van der Waals surface area contributed by atoms with Crippen LogP contribution >= 0.6 is 58.3 Å². The summed E-state index contributed by atoms with van der Waals surface area (Å²) in [4.78, 5) is 21.8. The van der Waals surface area contributed by atoms with Gasteiger partial charge < -0.3 is 4.98 Å². The largest absolute Gasteiger partial charge is 0.309 e. The number of hydrogen-bond donors (Lipinski definition) is 1.